The maximum absolute atomic E-state index is 14.3. The average Bonchev–Trinajstić information content (AvgIpc) is 1.82. The van der Waals surface area contributed by atoms with Crippen molar-refractivity contribution in [3.05, 3.63) is 65.7 Å². The van der Waals surface area contributed by atoms with Gasteiger partial charge in [0, 0.05) is 25.2 Å². The molecule has 476 valence electrons. The van der Waals surface area contributed by atoms with Crippen LogP contribution in [-0.2, 0) is 21.7 Å². The molecule has 1 fully saturated rings. The van der Waals surface area contributed by atoms with E-state index < -0.39 is 5.54 Å². The number of unbranched alkanes of at least 4 members (excludes halogenated alkanes) is 28. The predicted octanol–water partition coefficient (Wildman–Crippen LogP) is 19.9. The number of carbonyl (C=O) groups is 2. The first-order valence-corrected chi connectivity index (χ1v) is 36.3. The Hall–Kier alpha value is -3.62. The van der Waals surface area contributed by atoms with Crippen LogP contribution in [0.3, 0.4) is 0 Å². The first kappa shape index (κ1) is 71.1. The van der Waals surface area contributed by atoms with Crippen molar-refractivity contribution in [1.29, 1.82) is 0 Å². The zero-order valence-corrected chi connectivity index (χ0v) is 55.3. The fourth-order valence-corrected chi connectivity index (χ4v) is 15.7. The van der Waals surface area contributed by atoms with Crippen LogP contribution in [0.5, 0.6) is 0 Å². The zero-order valence-electron chi connectivity index (χ0n) is 55.3. The van der Waals surface area contributed by atoms with Gasteiger partial charge in [0.05, 0.1) is 27.1 Å². The molecule has 1 aliphatic heterocycles. The van der Waals surface area contributed by atoms with Gasteiger partial charge in [-0.3, -0.25) is 42.8 Å². The lowest BCUT2D eigenvalue weighted by Gasteiger charge is -2.44. The summed E-state index contributed by atoms with van der Waals surface area (Å²) in [5.74, 6) is 4.66. The summed E-state index contributed by atoms with van der Waals surface area (Å²) >= 11 is 0. The molecule has 0 saturated heterocycles. The van der Waals surface area contributed by atoms with Crippen LogP contribution in [0, 0.1) is 35.5 Å². The molecule has 0 radical (unpaired) electrons. The third kappa shape index (κ3) is 21.9. The standard InChI is InChI=1S/C75H125N3O6/c1-8-13-16-19-27-35-44-59(6)60(7)45-36-28-22-25-34-43-56-77-71(81)65-57-67-68(58-66(65)72(77)82)74(84)78(73(67)83)75(11-4,12-5)54-41-32-24-21-29-38-47-62-51-50-61(46-37-18-15-10-3)63(48-39-30-20-17-14-9-2)64(62)49-40-31-23-26-33-42-55-76-69(79)52-53-70(76)80/h52-53,57-64H,8-51,54-56H2,1-7H3. The molecule has 0 spiro atoms. The van der Waals surface area contributed by atoms with Crippen molar-refractivity contribution in [2.45, 2.75) is 349 Å². The second-order valence-electron chi connectivity index (χ2n) is 27.6. The molecular weight excluding hydrogens is 1040 g/mol. The summed E-state index contributed by atoms with van der Waals surface area (Å²) in [4.78, 5) is 81.5. The topological polar surface area (TPSA) is 116 Å². The van der Waals surface area contributed by atoms with E-state index in [9.17, 15) is 28.8 Å². The monoisotopic (exact) mass is 1160 g/mol. The number of carbonyl (C=O) groups excluding carboxylic acids is 2. The highest BCUT2D eigenvalue weighted by atomic mass is 16.2. The normalized spacial score (nSPS) is 18.4. The minimum absolute atomic E-state index is 0.163. The number of fused-ring (bicyclic) bond motifs is 2. The van der Waals surface area contributed by atoms with E-state index in [1.165, 1.54) is 244 Å². The van der Waals surface area contributed by atoms with E-state index in [4.69, 9.17) is 0 Å². The number of imide groups is 1. The van der Waals surface area contributed by atoms with Gasteiger partial charge in [-0.15, -0.1) is 0 Å². The summed E-state index contributed by atoms with van der Waals surface area (Å²) in [5, 5.41) is 1.07. The lowest BCUT2D eigenvalue weighted by molar-refractivity contribution is -0.136. The molecule has 6 unspecified atom stereocenters. The van der Waals surface area contributed by atoms with E-state index in [0.717, 1.165) is 93.3 Å². The molecular formula is C75H125N3O6. The van der Waals surface area contributed by atoms with Crippen molar-refractivity contribution in [1.82, 2.24) is 14.0 Å². The van der Waals surface area contributed by atoms with Gasteiger partial charge in [-0.2, -0.15) is 0 Å². The van der Waals surface area contributed by atoms with Crippen molar-refractivity contribution in [2.75, 3.05) is 6.54 Å². The molecule has 2 aromatic heterocycles. The summed E-state index contributed by atoms with van der Waals surface area (Å²) in [6.07, 6.45) is 58.2. The quantitative estimate of drug-likeness (QED) is 0.0411. The largest absolute Gasteiger partial charge is 0.275 e. The number of nitrogens with zero attached hydrogens (tertiary/aromatic N) is 3. The van der Waals surface area contributed by atoms with Crippen molar-refractivity contribution in [2.24, 2.45) is 35.5 Å². The van der Waals surface area contributed by atoms with E-state index in [-0.39, 0.29) is 55.6 Å². The number of benzene rings is 1. The van der Waals surface area contributed by atoms with Crippen LogP contribution >= 0.6 is 0 Å². The minimum Gasteiger partial charge on any atom is -0.275 e. The van der Waals surface area contributed by atoms with Gasteiger partial charge in [0.15, 0.2) is 0 Å². The van der Waals surface area contributed by atoms with Gasteiger partial charge in [0.25, 0.3) is 34.1 Å². The molecule has 0 bridgehead atoms. The third-order valence-corrected chi connectivity index (χ3v) is 21.6. The first-order valence-electron chi connectivity index (χ1n) is 36.3. The number of hydrogen-bond acceptors (Lipinski definition) is 6. The highest BCUT2D eigenvalue weighted by Crippen LogP contribution is 2.48. The summed E-state index contributed by atoms with van der Waals surface area (Å²) in [7, 11) is 0. The smallest absolute Gasteiger partial charge is 0.262 e. The summed E-state index contributed by atoms with van der Waals surface area (Å²) < 4.78 is 2.85. The van der Waals surface area contributed by atoms with E-state index >= 15 is 0 Å². The maximum Gasteiger partial charge on any atom is 0.262 e. The lowest BCUT2D eigenvalue weighted by Crippen LogP contribution is -2.44. The highest BCUT2D eigenvalue weighted by molar-refractivity contribution is 6.12. The van der Waals surface area contributed by atoms with Gasteiger partial charge in [-0.25, -0.2) is 0 Å². The van der Waals surface area contributed by atoms with Gasteiger partial charge >= 0.3 is 0 Å². The number of hydrogen-bond donors (Lipinski definition) is 0. The fraction of sp³-hybridized carbons (Fsp3) is 0.813. The van der Waals surface area contributed by atoms with Crippen LogP contribution in [0.4, 0.5) is 0 Å². The Morgan fingerprint density at radius 3 is 1.14 bits per heavy atom. The number of amides is 2. The Morgan fingerprint density at radius 2 is 0.726 bits per heavy atom. The van der Waals surface area contributed by atoms with E-state index in [1.54, 1.807) is 12.1 Å². The van der Waals surface area contributed by atoms with Gasteiger partial charge in [0.2, 0.25) is 0 Å². The molecule has 1 aromatic carbocycles. The number of rotatable bonds is 50. The maximum atomic E-state index is 14.3. The molecule has 1 saturated carbocycles. The van der Waals surface area contributed by atoms with Crippen molar-refractivity contribution >= 4 is 33.4 Å². The highest BCUT2D eigenvalue weighted by Gasteiger charge is 2.38. The molecule has 9 nitrogen and oxygen atoms in total. The number of aromatic nitrogens is 2. The Kier molecular flexibility index (Phi) is 33.9. The minimum atomic E-state index is -0.605. The Balaban J connectivity index is 1.09. The molecule has 84 heavy (non-hydrogen) atoms. The van der Waals surface area contributed by atoms with Crippen LogP contribution in [0.1, 0.15) is 337 Å². The molecule has 5 rings (SSSR count). The molecule has 2 amide bonds. The predicted molar refractivity (Wildman–Crippen MR) is 357 cm³/mol. The van der Waals surface area contributed by atoms with Crippen LogP contribution in [0.25, 0.3) is 21.5 Å². The third-order valence-electron chi connectivity index (χ3n) is 21.6. The van der Waals surface area contributed by atoms with Crippen molar-refractivity contribution in [3.8, 4) is 0 Å². The van der Waals surface area contributed by atoms with Crippen LogP contribution in [-0.4, -0.2) is 32.4 Å². The van der Waals surface area contributed by atoms with Gasteiger partial charge in [-0.05, 0) is 105 Å². The molecule has 3 aromatic rings. The van der Waals surface area contributed by atoms with E-state index in [1.807, 2.05) is 0 Å². The molecule has 0 N–H and O–H groups in total. The average molecular weight is 1160 g/mol. The Bertz CT molecular complexity index is 2460. The molecule has 6 atom stereocenters. The second kappa shape index (κ2) is 40.0. The van der Waals surface area contributed by atoms with Gasteiger partial charge in [0.1, 0.15) is 0 Å². The van der Waals surface area contributed by atoms with Crippen LogP contribution in [0.2, 0.25) is 0 Å². The summed E-state index contributed by atoms with van der Waals surface area (Å²) in [6, 6.07) is 3.12. The van der Waals surface area contributed by atoms with E-state index in [2.05, 4.69) is 48.5 Å². The Morgan fingerprint density at radius 1 is 0.393 bits per heavy atom. The zero-order chi connectivity index (χ0) is 60.5. The molecule has 2 aliphatic rings. The van der Waals surface area contributed by atoms with E-state index in [0.29, 0.717) is 25.9 Å². The molecule has 3 heterocycles. The summed E-state index contributed by atoms with van der Waals surface area (Å²) in [5.41, 5.74) is -1.92. The second-order valence-corrected chi connectivity index (χ2v) is 27.6. The van der Waals surface area contributed by atoms with Crippen LogP contribution < -0.4 is 22.2 Å². The van der Waals surface area contributed by atoms with Crippen molar-refractivity contribution < 1.29 is 9.59 Å². The SMILES string of the molecule is CCCCCCCCC(C)C(C)CCCCCCCCn1c(=O)c2cc3c(=O)n(C(CC)(CC)CCCCCCCCC4CCC(CCCCCC)C(CCCCCCCC)C4CCCCCCCCN4C(=O)C=CC4=O)c(=O)c3cc2c1=O. The van der Waals surface area contributed by atoms with Gasteiger partial charge in [-0.1, -0.05) is 280 Å². The van der Waals surface area contributed by atoms with Crippen LogP contribution in [0.15, 0.2) is 43.5 Å². The molecule has 1 aliphatic carbocycles. The Labute approximate surface area is 511 Å². The van der Waals surface area contributed by atoms with Crippen molar-refractivity contribution in [3.63, 3.8) is 0 Å². The lowest BCUT2D eigenvalue weighted by atomic mass is 9.61. The molecule has 9 heteroatoms. The fourth-order valence-electron chi connectivity index (χ4n) is 15.7. The summed E-state index contributed by atoms with van der Waals surface area (Å²) in [6.45, 7) is 16.9. The first-order chi connectivity index (χ1) is 40.9. The van der Waals surface area contributed by atoms with Gasteiger partial charge < -0.3 is 0 Å².